The van der Waals surface area contributed by atoms with Crippen molar-refractivity contribution in [2.24, 2.45) is 0 Å². The van der Waals surface area contributed by atoms with E-state index in [4.69, 9.17) is 4.74 Å². The van der Waals surface area contributed by atoms with E-state index in [9.17, 15) is 9.18 Å². The van der Waals surface area contributed by atoms with Crippen LogP contribution in [-0.4, -0.2) is 19.1 Å². The Balaban J connectivity index is 2.26. The minimum Gasteiger partial charge on any atom is -0.372 e. The molecule has 3 nitrogen and oxygen atoms in total. The van der Waals surface area contributed by atoms with E-state index in [0.29, 0.717) is 0 Å². The minimum atomic E-state index is -0.530. The van der Waals surface area contributed by atoms with Crippen LogP contribution in [0, 0.1) is 5.82 Å². The van der Waals surface area contributed by atoms with Gasteiger partial charge >= 0.3 is 0 Å². The SMILES string of the molecule is COC(C)C(=O)NC(c1ccc(F)cc1)c1cccs1. The number of rotatable bonds is 5. The first-order chi connectivity index (χ1) is 9.61. The summed E-state index contributed by atoms with van der Waals surface area (Å²) < 4.78 is 18.0. The topological polar surface area (TPSA) is 38.3 Å². The summed E-state index contributed by atoms with van der Waals surface area (Å²) in [5.74, 6) is -0.495. The summed E-state index contributed by atoms with van der Waals surface area (Å²) in [5, 5.41) is 4.87. The number of halogens is 1. The van der Waals surface area contributed by atoms with Crippen LogP contribution >= 0.6 is 11.3 Å². The van der Waals surface area contributed by atoms with Gasteiger partial charge in [0, 0.05) is 12.0 Å². The molecule has 1 N–H and O–H groups in total. The highest BCUT2D eigenvalue weighted by atomic mass is 32.1. The van der Waals surface area contributed by atoms with Crippen molar-refractivity contribution in [2.75, 3.05) is 7.11 Å². The molecule has 1 aromatic carbocycles. The second-order valence-corrected chi connectivity index (χ2v) is 5.37. The summed E-state index contributed by atoms with van der Waals surface area (Å²) in [4.78, 5) is 13.0. The number of hydrogen-bond acceptors (Lipinski definition) is 3. The highest BCUT2D eigenvalue weighted by Crippen LogP contribution is 2.26. The first-order valence-electron chi connectivity index (χ1n) is 6.24. The molecule has 2 unspecified atom stereocenters. The van der Waals surface area contributed by atoms with Gasteiger partial charge in [-0.25, -0.2) is 4.39 Å². The molecular weight excluding hydrogens is 277 g/mol. The predicted octanol–water partition coefficient (Wildman–Crippen LogP) is 3.13. The van der Waals surface area contributed by atoms with Crippen LogP contribution in [0.3, 0.4) is 0 Å². The number of nitrogens with one attached hydrogen (secondary N) is 1. The minimum absolute atomic E-state index is 0.199. The first-order valence-corrected chi connectivity index (χ1v) is 7.12. The average Bonchev–Trinajstić information content (AvgIpc) is 2.98. The monoisotopic (exact) mass is 293 g/mol. The van der Waals surface area contributed by atoms with Gasteiger partial charge in [-0.15, -0.1) is 11.3 Å². The highest BCUT2D eigenvalue weighted by molar-refractivity contribution is 7.10. The molecule has 0 aliphatic carbocycles. The quantitative estimate of drug-likeness (QED) is 0.920. The van der Waals surface area contributed by atoms with Gasteiger partial charge in [0.1, 0.15) is 11.9 Å². The molecule has 0 fully saturated rings. The third kappa shape index (κ3) is 3.43. The van der Waals surface area contributed by atoms with E-state index in [0.717, 1.165) is 10.4 Å². The van der Waals surface area contributed by atoms with Crippen LogP contribution < -0.4 is 5.32 Å². The summed E-state index contributed by atoms with van der Waals surface area (Å²) in [6.45, 7) is 1.69. The second-order valence-electron chi connectivity index (χ2n) is 4.39. The molecule has 1 amide bonds. The van der Waals surface area contributed by atoms with E-state index in [1.165, 1.54) is 19.2 Å². The molecule has 20 heavy (non-hydrogen) atoms. The number of carbonyl (C=O) groups excluding carboxylic acids is 1. The van der Waals surface area contributed by atoms with E-state index in [1.54, 1.807) is 30.4 Å². The zero-order chi connectivity index (χ0) is 14.5. The summed E-state index contributed by atoms with van der Waals surface area (Å²) in [6.07, 6.45) is -0.530. The van der Waals surface area contributed by atoms with Crippen LogP contribution in [0.5, 0.6) is 0 Å². The van der Waals surface area contributed by atoms with Crippen LogP contribution in [0.2, 0.25) is 0 Å². The van der Waals surface area contributed by atoms with Crippen LogP contribution in [0.25, 0.3) is 0 Å². The molecule has 5 heteroatoms. The molecule has 0 aliphatic rings. The van der Waals surface area contributed by atoms with Crippen molar-refractivity contribution in [3.63, 3.8) is 0 Å². The lowest BCUT2D eigenvalue weighted by Gasteiger charge is -2.20. The fourth-order valence-electron chi connectivity index (χ4n) is 1.80. The number of ether oxygens (including phenoxy) is 1. The van der Waals surface area contributed by atoms with Crippen molar-refractivity contribution < 1.29 is 13.9 Å². The van der Waals surface area contributed by atoms with Crippen LogP contribution in [0.15, 0.2) is 41.8 Å². The van der Waals surface area contributed by atoms with E-state index in [1.807, 2.05) is 17.5 Å². The standard InChI is InChI=1S/C15H16FNO2S/c1-10(19-2)15(18)17-14(13-4-3-9-20-13)11-5-7-12(16)8-6-11/h3-10,14H,1-2H3,(H,17,18). The summed E-state index contributed by atoms with van der Waals surface area (Å²) >= 11 is 1.54. The molecule has 2 atom stereocenters. The highest BCUT2D eigenvalue weighted by Gasteiger charge is 2.21. The molecule has 0 saturated heterocycles. The van der Waals surface area contributed by atoms with Gasteiger partial charge in [0.2, 0.25) is 5.91 Å². The fraction of sp³-hybridized carbons (Fsp3) is 0.267. The lowest BCUT2D eigenvalue weighted by molar-refractivity contribution is -0.130. The van der Waals surface area contributed by atoms with E-state index < -0.39 is 6.10 Å². The van der Waals surface area contributed by atoms with Crippen molar-refractivity contribution in [3.8, 4) is 0 Å². The maximum Gasteiger partial charge on any atom is 0.249 e. The van der Waals surface area contributed by atoms with Crippen LogP contribution in [0.4, 0.5) is 4.39 Å². The van der Waals surface area contributed by atoms with Gasteiger partial charge in [0.25, 0.3) is 0 Å². The van der Waals surface area contributed by atoms with Crippen molar-refractivity contribution in [2.45, 2.75) is 19.1 Å². The maximum atomic E-state index is 13.0. The molecule has 0 aliphatic heterocycles. The number of amides is 1. The Bertz CT molecular complexity index is 554. The third-order valence-electron chi connectivity index (χ3n) is 3.04. The van der Waals surface area contributed by atoms with E-state index in [2.05, 4.69) is 5.32 Å². The van der Waals surface area contributed by atoms with Gasteiger partial charge in [-0.1, -0.05) is 18.2 Å². The number of hydrogen-bond donors (Lipinski definition) is 1. The molecule has 0 spiro atoms. The Kier molecular flexibility index (Phi) is 4.87. The van der Waals surface area contributed by atoms with Gasteiger partial charge < -0.3 is 10.1 Å². The lowest BCUT2D eigenvalue weighted by Crippen LogP contribution is -2.36. The zero-order valence-electron chi connectivity index (χ0n) is 11.3. The first kappa shape index (κ1) is 14.7. The van der Waals surface area contributed by atoms with Crippen LogP contribution in [0.1, 0.15) is 23.4 Å². The number of methoxy groups -OCH3 is 1. The molecule has 0 bridgehead atoms. The normalized spacial score (nSPS) is 13.8. The Labute approximate surface area is 121 Å². The summed E-state index contributed by atoms with van der Waals surface area (Å²) in [6, 6.07) is 9.71. The summed E-state index contributed by atoms with van der Waals surface area (Å²) in [5.41, 5.74) is 0.838. The largest absolute Gasteiger partial charge is 0.372 e. The molecule has 2 aromatic rings. The molecular formula is C15H16FNO2S. The van der Waals surface area contributed by atoms with E-state index in [-0.39, 0.29) is 17.8 Å². The molecule has 1 heterocycles. The lowest BCUT2D eigenvalue weighted by atomic mass is 10.0. The Hall–Kier alpha value is -1.72. The van der Waals surface area contributed by atoms with Gasteiger partial charge in [0.15, 0.2) is 0 Å². The molecule has 1 aromatic heterocycles. The van der Waals surface area contributed by atoms with Crippen molar-refractivity contribution >= 4 is 17.2 Å². The van der Waals surface area contributed by atoms with Gasteiger partial charge in [0.05, 0.1) is 6.04 Å². The fourth-order valence-corrected chi connectivity index (χ4v) is 2.60. The zero-order valence-corrected chi connectivity index (χ0v) is 12.1. The Morgan fingerprint density at radius 1 is 1.30 bits per heavy atom. The van der Waals surface area contributed by atoms with E-state index >= 15 is 0 Å². The van der Waals surface area contributed by atoms with Gasteiger partial charge in [-0.05, 0) is 36.1 Å². The van der Waals surface area contributed by atoms with Crippen molar-refractivity contribution in [3.05, 3.63) is 58.0 Å². The number of benzene rings is 1. The third-order valence-corrected chi connectivity index (χ3v) is 3.98. The smallest absolute Gasteiger partial charge is 0.249 e. The second kappa shape index (κ2) is 6.63. The summed E-state index contributed by atoms with van der Waals surface area (Å²) in [7, 11) is 1.49. The number of carbonyl (C=O) groups is 1. The predicted molar refractivity (Wildman–Crippen MR) is 77.2 cm³/mol. The molecule has 0 radical (unpaired) electrons. The number of thiophene rings is 1. The molecule has 2 rings (SSSR count). The molecule has 106 valence electrons. The van der Waals surface area contributed by atoms with Crippen molar-refractivity contribution in [1.29, 1.82) is 0 Å². The average molecular weight is 293 g/mol. The van der Waals surface area contributed by atoms with Gasteiger partial charge in [-0.2, -0.15) is 0 Å². The Morgan fingerprint density at radius 3 is 2.55 bits per heavy atom. The van der Waals surface area contributed by atoms with Crippen LogP contribution in [-0.2, 0) is 9.53 Å². The van der Waals surface area contributed by atoms with Crippen molar-refractivity contribution in [1.82, 2.24) is 5.32 Å². The Morgan fingerprint density at radius 2 is 2.00 bits per heavy atom. The molecule has 0 saturated carbocycles. The van der Waals surface area contributed by atoms with Gasteiger partial charge in [-0.3, -0.25) is 4.79 Å². The maximum absolute atomic E-state index is 13.0.